The molecule has 2 N–H and O–H groups in total. The van der Waals surface area contributed by atoms with Gasteiger partial charge in [-0.05, 0) is 30.7 Å². The number of halogens is 2. The molecule has 0 aliphatic carbocycles. The van der Waals surface area contributed by atoms with Crippen LogP contribution in [-0.2, 0) is 0 Å². The number of nitrogen functional groups attached to an aromatic ring is 1. The summed E-state index contributed by atoms with van der Waals surface area (Å²) in [5, 5.41) is 9.29. The molecule has 0 saturated carbocycles. The van der Waals surface area contributed by atoms with Crippen LogP contribution < -0.4 is 5.84 Å². The Hall–Kier alpha value is -2.05. The zero-order valence-electron chi connectivity index (χ0n) is 12.3. The molecule has 2 aromatic carbocycles. The predicted octanol–water partition coefficient (Wildman–Crippen LogP) is 4.30. The van der Waals surface area contributed by atoms with Gasteiger partial charge >= 0.3 is 0 Å². The summed E-state index contributed by atoms with van der Waals surface area (Å²) in [6.07, 6.45) is 0. The standard InChI is InChI=1S/C16H14ClFN4S/c1-10(11-6-2-4-8-13(11)17)23-16-21-20-15(22(16)19)12-7-3-5-9-14(12)18/h2-10H,19H2,1H3. The van der Waals surface area contributed by atoms with Crippen molar-refractivity contribution in [1.29, 1.82) is 0 Å². The lowest BCUT2D eigenvalue weighted by atomic mass is 10.2. The van der Waals surface area contributed by atoms with Gasteiger partial charge in [0.2, 0.25) is 5.16 Å². The third-order valence-corrected chi connectivity index (χ3v) is 4.85. The van der Waals surface area contributed by atoms with E-state index in [4.69, 9.17) is 17.4 Å². The molecule has 0 aliphatic rings. The summed E-state index contributed by atoms with van der Waals surface area (Å²) in [7, 11) is 0. The molecule has 3 aromatic rings. The number of hydrogen-bond donors (Lipinski definition) is 1. The van der Waals surface area contributed by atoms with Gasteiger partial charge in [0.15, 0.2) is 5.82 Å². The summed E-state index contributed by atoms with van der Waals surface area (Å²) >= 11 is 7.63. The third kappa shape index (κ3) is 3.18. The summed E-state index contributed by atoms with van der Waals surface area (Å²) in [4.78, 5) is 0. The van der Waals surface area contributed by atoms with Crippen molar-refractivity contribution < 1.29 is 4.39 Å². The van der Waals surface area contributed by atoms with E-state index in [-0.39, 0.29) is 16.9 Å². The van der Waals surface area contributed by atoms with Gasteiger partial charge in [0.05, 0.1) is 5.56 Å². The Morgan fingerprint density at radius 1 is 1.13 bits per heavy atom. The second-order valence-corrected chi connectivity index (χ2v) is 6.65. The van der Waals surface area contributed by atoms with Crippen LogP contribution in [0.2, 0.25) is 5.02 Å². The summed E-state index contributed by atoms with van der Waals surface area (Å²) in [5.74, 6) is 5.94. The van der Waals surface area contributed by atoms with E-state index in [2.05, 4.69) is 10.2 Å². The average molecular weight is 349 g/mol. The molecule has 0 radical (unpaired) electrons. The van der Waals surface area contributed by atoms with Gasteiger partial charge in [-0.1, -0.05) is 53.7 Å². The van der Waals surface area contributed by atoms with E-state index in [1.807, 2.05) is 31.2 Å². The van der Waals surface area contributed by atoms with Crippen molar-refractivity contribution in [3.8, 4) is 11.4 Å². The largest absolute Gasteiger partial charge is 0.335 e. The molecule has 1 heterocycles. The third-order valence-electron chi connectivity index (χ3n) is 3.40. The van der Waals surface area contributed by atoms with Crippen LogP contribution in [-0.4, -0.2) is 14.9 Å². The first-order chi connectivity index (χ1) is 11.1. The highest BCUT2D eigenvalue weighted by Crippen LogP contribution is 2.37. The second kappa shape index (κ2) is 6.60. The fourth-order valence-electron chi connectivity index (χ4n) is 2.21. The predicted molar refractivity (Wildman–Crippen MR) is 91.3 cm³/mol. The van der Waals surface area contributed by atoms with Crippen molar-refractivity contribution in [2.24, 2.45) is 0 Å². The van der Waals surface area contributed by atoms with E-state index in [0.717, 1.165) is 5.56 Å². The van der Waals surface area contributed by atoms with E-state index in [0.29, 0.717) is 15.7 Å². The first kappa shape index (κ1) is 15.8. The first-order valence-electron chi connectivity index (χ1n) is 6.94. The number of benzene rings is 2. The van der Waals surface area contributed by atoms with E-state index < -0.39 is 0 Å². The van der Waals surface area contributed by atoms with Gasteiger partial charge < -0.3 is 5.84 Å². The Bertz CT molecular complexity index is 836. The van der Waals surface area contributed by atoms with Crippen molar-refractivity contribution in [3.63, 3.8) is 0 Å². The van der Waals surface area contributed by atoms with Gasteiger partial charge in [-0.25, -0.2) is 9.07 Å². The van der Waals surface area contributed by atoms with Gasteiger partial charge in [0.25, 0.3) is 0 Å². The summed E-state index contributed by atoms with van der Waals surface area (Å²) in [5.41, 5.74) is 1.30. The molecule has 3 rings (SSSR count). The average Bonchev–Trinajstić information content (AvgIpc) is 2.89. The molecule has 0 fully saturated rings. The molecular weight excluding hydrogens is 335 g/mol. The van der Waals surface area contributed by atoms with E-state index in [9.17, 15) is 4.39 Å². The minimum absolute atomic E-state index is 0.0312. The van der Waals surface area contributed by atoms with Crippen LogP contribution in [0.5, 0.6) is 0 Å². The van der Waals surface area contributed by atoms with E-state index in [1.165, 1.54) is 22.5 Å². The van der Waals surface area contributed by atoms with Crippen LogP contribution in [0, 0.1) is 5.82 Å². The lowest BCUT2D eigenvalue weighted by Gasteiger charge is -2.12. The van der Waals surface area contributed by atoms with Gasteiger partial charge in [-0.3, -0.25) is 0 Å². The highest BCUT2D eigenvalue weighted by Gasteiger charge is 2.19. The van der Waals surface area contributed by atoms with Crippen molar-refractivity contribution in [2.75, 3.05) is 5.84 Å². The zero-order chi connectivity index (χ0) is 16.4. The van der Waals surface area contributed by atoms with Crippen LogP contribution >= 0.6 is 23.4 Å². The van der Waals surface area contributed by atoms with Crippen LogP contribution in [0.1, 0.15) is 17.7 Å². The van der Waals surface area contributed by atoms with Crippen molar-refractivity contribution in [1.82, 2.24) is 14.9 Å². The van der Waals surface area contributed by atoms with Crippen molar-refractivity contribution in [2.45, 2.75) is 17.3 Å². The van der Waals surface area contributed by atoms with Crippen LogP contribution in [0.3, 0.4) is 0 Å². The monoisotopic (exact) mass is 348 g/mol. The molecule has 0 bridgehead atoms. The molecule has 118 valence electrons. The maximum Gasteiger partial charge on any atom is 0.210 e. The molecule has 0 amide bonds. The highest BCUT2D eigenvalue weighted by atomic mass is 35.5. The Balaban J connectivity index is 1.89. The molecule has 7 heteroatoms. The number of thioether (sulfide) groups is 1. The lowest BCUT2D eigenvalue weighted by molar-refractivity contribution is 0.629. The lowest BCUT2D eigenvalue weighted by Crippen LogP contribution is -2.12. The SMILES string of the molecule is CC(Sc1nnc(-c2ccccc2F)n1N)c1ccccc1Cl. The Morgan fingerprint density at radius 3 is 2.57 bits per heavy atom. The molecule has 23 heavy (non-hydrogen) atoms. The van der Waals surface area contributed by atoms with Crippen LogP contribution in [0.4, 0.5) is 4.39 Å². The van der Waals surface area contributed by atoms with Crippen molar-refractivity contribution in [3.05, 3.63) is 64.9 Å². The zero-order valence-corrected chi connectivity index (χ0v) is 13.9. The Labute approximate surface area is 142 Å². The quantitative estimate of drug-likeness (QED) is 0.564. The molecule has 0 spiro atoms. The minimum atomic E-state index is -0.387. The van der Waals surface area contributed by atoms with Crippen molar-refractivity contribution >= 4 is 23.4 Å². The first-order valence-corrected chi connectivity index (χ1v) is 8.20. The number of nitrogens with zero attached hydrogens (tertiary/aromatic N) is 3. The number of aromatic nitrogens is 3. The minimum Gasteiger partial charge on any atom is -0.335 e. The molecule has 1 unspecified atom stereocenters. The second-order valence-electron chi connectivity index (χ2n) is 4.94. The highest BCUT2D eigenvalue weighted by molar-refractivity contribution is 7.99. The topological polar surface area (TPSA) is 56.7 Å². The number of hydrogen-bond acceptors (Lipinski definition) is 4. The molecule has 0 saturated heterocycles. The maximum atomic E-state index is 13.9. The van der Waals surface area contributed by atoms with Crippen LogP contribution in [0.25, 0.3) is 11.4 Å². The fourth-order valence-corrected chi connectivity index (χ4v) is 3.51. The van der Waals surface area contributed by atoms with E-state index in [1.54, 1.807) is 18.2 Å². The van der Waals surface area contributed by atoms with Gasteiger partial charge in [0.1, 0.15) is 5.82 Å². The molecule has 1 aromatic heterocycles. The number of rotatable bonds is 4. The summed E-state index contributed by atoms with van der Waals surface area (Å²) in [6, 6.07) is 13.9. The molecule has 4 nitrogen and oxygen atoms in total. The Morgan fingerprint density at radius 2 is 1.83 bits per heavy atom. The van der Waals surface area contributed by atoms with Gasteiger partial charge in [-0.15, -0.1) is 10.2 Å². The molecule has 0 aliphatic heterocycles. The molecule has 1 atom stereocenters. The smallest absolute Gasteiger partial charge is 0.210 e. The summed E-state index contributed by atoms with van der Waals surface area (Å²) < 4.78 is 15.2. The normalized spacial score (nSPS) is 12.3. The number of nitrogens with two attached hydrogens (primary N) is 1. The summed E-state index contributed by atoms with van der Waals surface area (Å²) in [6.45, 7) is 2.00. The fraction of sp³-hybridized carbons (Fsp3) is 0.125. The van der Waals surface area contributed by atoms with Crippen LogP contribution in [0.15, 0.2) is 53.7 Å². The Kier molecular flexibility index (Phi) is 4.54. The maximum absolute atomic E-state index is 13.9. The van der Waals surface area contributed by atoms with Gasteiger partial charge in [0, 0.05) is 10.3 Å². The van der Waals surface area contributed by atoms with Gasteiger partial charge in [-0.2, -0.15) is 0 Å². The molecular formula is C16H14ClFN4S. The van der Waals surface area contributed by atoms with E-state index >= 15 is 0 Å².